The Hall–Kier alpha value is -1.55. The molecule has 5 aromatic rings. The molecule has 0 fully saturated rings. The summed E-state index contributed by atoms with van der Waals surface area (Å²) >= 11 is 0. The van der Waals surface area contributed by atoms with Crippen molar-refractivity contribution < 1.29 is 36.0 Å². The van der Waals surface area contributed by atoms with Crippen LogP contribution in [0.2, 0.25) is 0 Å². The Morgan fingerprint density at radius 3 is 1.22 bits per heavy atom. The number of fused-ring (bicyclic) bond motifs is 2. The van der Waals surface area contributed by atoms with Gasteiger partial charge in [-0.15, -0.1) is 0 Å². The molecule has 5 aromatic carbocycles. The largest absolute Gasteiger partial charge is 0.380 e. The van der Waals surface area contributed by atoms with Crippen LogP contribution in [0.15, 0.2) is 97.1 Å². The summed E-state index contributed by atoms with van der Waals surface area (Å²) in [5.74, 6) is 0. The van der Waals surface area contributed by atoms with Gasteiger partial charge in [-0.3, -0.25) is 0 Å². The van der Waals surface area contributed by atoms with E-state index in [4.69, 9.17) is 10.4 Å². The van der Waals surface area contributed by atoms with Gasteiger partial charge in [-0.1, -0.05) is 124 Å². The van der Waals surface area contributed by atoms with Gasteiger partial charge in [0.05, 0.1) is 0 Å². The van der Waals surface area contributed by atoms with E-state index in [-0.39, 0.29) is 46.0 Å². The van der Waals surface area contributed by atoms with E-state index >= 15 is 0 Å². The molecule has 0 saturated heterocycles. The first kappa shape index (κ1) is 34.5. The van der Waals surface area contributed by atoms with E-state index in [1.165, 1.54) is 64.1 Å². The third kappa shape index (κ3) is 7.27. The SMILES string of the molecule is C.CC.Cc1ccc(-c2c3ccccc3c(-c3ccc(PN)cc3)c3ccccc23)cc1.OP.[CH3-].[U]. The Kier molecular flexibility index (Phi) is 16.3. The summed E-state index contributed by atoms with van der Waals surface area (Å²) in [6, 6.07) is 35.1. The summed E-state index contributed by atoms with van der Waals surface area (Å²) in [6.07, 6.45) is 0. The van der Waals surface area contributed by atoms with Crippen molar-refractivity contribution in [3.63, 3.8) is 0 Å². The standard InChI is InChI=1S/C27H22NP.C2H6.CH4.CH3.H3OP.U/c1-18-10-12-19(13-11-18)26-22-6-2-4-8-24(22)27(25-9-5-3-7-23(25)26)20-14-16-21(29-28)17-15-20;1-2;;;1-2;/h2-17,29H,28H2,1H3;1-2H3;1H4;1H3;1H,2H2;/q;;;-1;;. The average molecular weight is 741 g/mol. The zero-order valence-corrected chi connectivity index (χ0v) is 27.2. The van der Waals surface area contributed by atoms with Crippen molar-refractivity contribution in [2.24, 2.45) is 5.50 Å². The molecule has 0 saturated carbocycles. The third-order valence-electron chi connectivity index (χ3n) is 5.61. The Bertz CT molecular complexity index is 1280. The molecule has 3 N–H and O–H groups in total. The molecule has 0 radical (unpaired) electrons. The van der Waals surface area contributed by atoms with Crippen molar-refractivity contribution in [3.8, 4) is 22.3 Å². The molecule has 0 spiro atoms. The van der Waals surface area contributed by atoms with E-state index in [0.29, 0.717) is 8.73 Å². The Balaban J connectivity index is 0.00000167. The zero-order chi connectivity index (χ0) is 23.8. The molecule has 0 aliphatic carbocycles. The summed E-state index contributed by atoms with van der Waals surface area (Å²) in [5.41, 5.74) is 12.2. The number of hydrogen-bond donors (Lipinski definition) is 2. The van der Waals surface area contributed by atoms with E-state index < -0.39 is 0 Å². The molecule has 2 nitrogen and oxygen atoms in total. The second-order valence-electron chi connectivity index (χ2n) is 7.43. The van der Waals surface area contributed by atoms with Gasteiger partial charge < -0.3 is 17.8 Å². The molecule has 0 heterocycles. The summed E-state index contributed by atoms with van der Waals surface area (Å²) < 4.78 is 0. The maximum Gasteiger partial charge on any atom is 0 e. The molecule has 0 aliphatic rings. The van der Waals surface area contributed by atoms with Crippen molar-refractivity contribution in [2.75, 3.05) is 0 Å². The van der Waals surface area contributed by atoms with Gasteiger partial charge in [0, 0.05) is 31.1 Å². The van der Waals surface area contributed by atoms with Gasteiger partial charge in [0.1, 0.15) is 0 Å². The third-order valence-corrected chi connectivity index (χ3v) is 6.28. The molecular formula is C31H38NOP2U-. The van der Waals surface area contributed by atoms with Crippen molar-refractivity contribution in [2.45, 2.75) is 28.2 Å². The molecule has 0 aliphatic heterocycles. The number of aryl methyl sites for hydroxylation is 1. The van der Waals surface area contributed by atoms with Gasteiger partial charge in [-0.25, -0.2) is 0 Å². The molecule has 188 valence electrons. The summed E-state index contributed by atoms with van der Waals surface area (Å²) in [6.45, 7) is 6.13. The van der Waals surface area contributed by atoms with Crippen LogP contribution in [0.5, 0.6) is 0 Å². The van der Waals surface area contributed by atoms with E-state index in [1.807, 2.05) is 13.8 Å². The van der Waals surface area contributed by atoms with Crippen LogP contribution in [0.3, 0.4) is 0 Å². The first-order valence-corrected chi connectivity index (χ1v) is 12.7. The van der Waals surface area contributed by atoms with Gasteiger partial charge in [0.2, 0.25) is 0 Å². The second kappa shape index (κ2) is 17.1. The van der Waals surface area contributed by atoms with Crippen LogP contribution in [0.25, 0.3) is 43.8 Å². The summed E-state index contributed by atoms with van der Waals surface area (Å²) in [5, 5.41) is 6.32. The number of nitrogens with two attached hydrogens (primary N) is 1. The van der Waals surface area contributed by atoms with Crippen molar-refractivity contribution in [1.29, 1.82) is 0 Å². The zero-order valence-electron chi connectivity index (χ0n) is 20.8. The van der Waals surface area contributed by atoms with Crippen molar-refractivity contribution in [3.05, 3.63) is 110 Å². The molecule has 36 heavy (non-hydrogen) atoms. The quantitative estimate of drug-likeness (QED) is 0.111. The second-order valence-corrected chi connectivity index (χ2v) is 8.29. The minimum Gasteiger partial charge on any atom is -0.380 e. The predicted molar refractivity (Wildman–Crippen MR) is 166 cm³/mol. The fraction of sp³-hybridized carbons (Fsp3) is 0.129. The van der Waals surface area contributed by atoms with Crippen LogP contribution < -0.4 is 10.8 Å². The molecule has 0 aromatic heterocycles. The number of hydrogen-bond acceptors (Lipinski definition) is 2. The van der Waals surface area contributed by atoms with Crippen LogP contribution in [-0.2, 0) is 0 Å². The van der Waals surface area contributed by atoms with Crippen molar-refractivity contribution in [1.82, 2.24) is 0 Å². The maximum absolute atomic E-state index is 6.92. The topological polar surface area (TPSA) is 46.2 Å². The Morgan fingerprint density at radius 1 is 0.611 bits per heavy atom. The molecule has 2 unspecified atom stereocenters. The fourth-order valence-corrected chi connectivity index (χ4v) is 4.56. The monoisotopic (exact) mass is 740 g/mol. The van der Waals surface area contributed by atoms with Gasteiger partial charge in [0.15, 0.2) is 0 Å². The van der Waals surface area contributed by atoms with Crippen LogP contribution in [-0.4, -0.2) is 4.89 Å². The first-order chi connectivity index (χ1) is 16.3. The van der Waals surface area contributed by atoms with Crippen molar-refractivity contribution >= 4 is 45.0 Å². The van der Waals surface area contributed by atoms with Crippen LogP contribution in [0, 0.1) is 45.5 Å². The van der Waals surface area contributed by atoms with Gasteiger partial charge >= 0.3 is 0 Å². The summed E-state index contributed by atoms with van der Waals surface area (Å²) in [4.78, 5) is 6.92. The number of rotatable bonds is 3. The van der Waals surface area contributed by atoms with Gasteiger partial charge in [0.25, 0.3) is 0 Å². The van der Waals surface area contributed by atoms with Crippen LogP contribution >= 0.6 is 18.2 Å². The van der Waals surface area contributed by atoms with Gasteiger partial charge in [-0.2, -0.15) is 0 Å². The number of benzene rings is 5. The minimum absolute atomic E-state index is 0. The van der Waals surface area contributed by atoms with Crippen LogP contribution in [0.4, 0.5) is 0 Å². The van der Waals surface area contributed by atoms with E-state index in [2.05, 4.69) is 104 Å². The molecule has 0 amide bonds. The Morgan fingerprint density at radius 2 is 0.917 bits per heavy atom. The van der Waals surface area contributed by atoms with E-state index in [9.17, 15) is 0 Å². The first-order valence-electron chi connectivity index (χ1n) is 11.1. The fourth-order valence-electron chi connectivity index (χ4n) is 4.20. The molecule has 0 bridgehead atoms. The predicted octanol–water partition coefficient (Wildman–Crippen LogP) is 8.69. The van der Waals surface area contributed by atoms with E-state index in [1.54, 1.807) is 0 Å². The van der Waals surface area contributed by atoms with Gasteiger partial charge in [-0.05, 0) is 74.2 Å². The van der Waals surface area contributed by atoms with Crippen LogP contribution in [0.1, 0.15) is 26.8 Å². The Labute approximate surface area is 245 Å². The average Bonchev–Trinajstić information content (AvgIpc) is 2.90. The molecule has 5 heteroatoms. The molecular weight excluding hydrogens is 702 g/mol. The normalized spacial score (nSPS) is 9.72. The molecule has 2 atom stereocenters. The minimum atomic E-state index is 0. The molecule has 5 rings (SSSR count). The smallest absolute Gasteiger partial charge is 0 e. The maximum atomic E-state index is 6.92. The summed E-state index contributed by atoms with van der Waals surface area (Å²) in [7, 11) is 1.74. The van der Waals surface area contributed by atoms with E-state index in [0.717, 1.165) is 0 Å².